The van der Waals surface area contributed by atoms with E-state index in [1.807, 2.05) is 17.4 Å². The predicted octanol–water partition coefficient (Wildman–Crippen LogP) is 3.18. The summed E-state index contributed by atoms with van der Waals surface area (Å²) in [7, 11) is 0. The van der Waals surface area contributed by atoms with Gasteiger partial charge < -0.3 is 10.7 Å². The number of thiophene rings is 1. The predicted molar refractivity (Wildman–Crippen MR) is 85.1 cm³/mol. The van der Waals surface area contributed by atoms with Crippen LogP contribution in [-0.2, 0) is 6.54 Å². The molecule has 6 heteroatoms. The Bertz CT molecular complexity index is 572. The molecule has 0 unspecified atom stereocenters. The molecule has 0 aliphatic carbocycles. The Balaban J connectivity index is 2.14. The van der Waals surface area contributed by atoms with Crippen LogP contribution in [-0.4, -0.2) is 9.97 Å². The summed E-state index contributed by atoms with van der Waals surface area (Å²) in [4.78, 5) is 11.5. The zero-order valence-electron chi connectivity index (χ0n) is 12.3. The SMILES string of the molecule is Cc1cc(CNc2cc(NN)nc(C(C)C)n2)sc1C. The van der Waals surface area contributed by atoms with Gasteiger partial charge in [0.05, 0.1) is 6.54 Å². The van der Waals surface area contributed by atoms with E-state index in [-0.39, 0.29) is 5.92 Å². The summed E-state index contributed by atoms with van der Waals surface area (Å²) >= 11 is 1.81. The molecule has 5 nitrogen and oxygen atoms in total. The third-order valence-corrected chi connectivity index (χ3v) is 4.22. The molecule has 2 heterocycles. The van der Waals surface area contributed by atoms with Crippen LogP contribution in [0.25, 0.3) is 0 Å². The molecule has 0 saturated heterocycles. The van der Waals surface area contributed by atoms with E-state index in [9.17, 15) is 0 Å². The number of rotatable bonds is 5. The lowest BCUT2D eigenvalue weighted by Gasteiger charge is -2.10. The number of nitrogens with one attached hydrogen (secondary N) is 2. The fraction of sp³-hybridized carbons (Fsp3) is 0.429. The molecular formula is C14H21N5S. The fourth-order valence-corrected chi connectivity index (χ4v) is 2.80. The molecule has 20 heavy (non-hydrogen) atoms. The second-order valence-corrected chi connectivity index (χ2v) is 6.44. The van der Waals surface area contributed by atoms with E-state index in [1.54, 1.807) is 0 Å². The molecule has 0 aromatic carbocycles. The Morgan fingerprint density at radius 1 is 1.20 bits per heavy atom. The van der Waals surface area contributed by atoms with Crippen LogP contribution in [0.4, 0.5) is 11.6 Å². The van der Waals surface area contributed by atoms with E-state index in [4.69, 9.17) is 5.84 Å². The van der Waals surface area contributed by atoms with Gasteiger partial charge in [0.1, 0.15) is 17.5 Å². The average molecular weight is 291 g/mol. The van der Waals surface area contributed by atoms with E-state index in [0.717, 1.165) is 18.2 Å². The van der Waals surface area contributed by atoms with Gasteiger partial charge in [-0.05, 0) is 25.5 Å². The Labute approximate surface area is 123 Å². The minimum Gasteiger partial charge on any atom is -0.365 e. The summed E-state index contributed by atoms with van der Waals surface area (Å²) in [6, 6.07) is 4.03. The number of aromatic nitrogens is 2. The first-order valence-corrected chi connectivity index (χ1v) is 7.46. The summed E-state index contributed by atoms with van der Waals surface area (Å²) in [5.41, 5.74) is 3.92. The van der Waals surface area contributed by atoms with E-state index >= 15 is 0 Å². The number of hydrogen-bond acceptors (Lipinski definition) is 6. The fourth-order valence-electron chi connectivity index (χ4n) is 1.80. The van der Waals surface area contributed by atoms with Crippen molar-refractivity contribution in [2.24, 2.45) is 5.84 Å². The summed E-state index contributed by atoms with van der Waals surface area (Å²) in [6.45, 7) is 9.16. The van der Waals surface area contributed by atoms with Crippen molar-refractivity contribution < 1.29 is 0 Å². The number of aryl methyl sites for hydroxylation is 2. The first-order valence-electron chi connectivity index (χ1n) is 6.65. The highest BCUT2D eigenvalue weighted by atomic mass is 32.1. The van der Waals surface area contributed by atoms with Crippen LogP contribution in [0, 0.1) is 13.8 Å². The van der Waals surface area contributed by atoms with Gasteiger partial charge in [-0.3, -0.25) is 0 Å². The maximum atomic E-state index is 5.45. The maximum absolute atomic E-state index is 5.45. The zero-order chi connectivity index (χ0) is 14.7. The molecule has 0 radical (unpaired) electrons. The highest BCUT2D eigenvalue weighted by molar-refractivity contribution is 7.12. The van der Waals surface area contributed by atoms with Gasteiger partial charge in [0.2, 0.25) is 0 Å². The largest absolute Gasteiger partial charge is 0.365 e. The quantitative estimate of drug-likeness (QED) is 0.582. The molecule has 0 atom stereocenters. The number of nitrogen functional groups attached to an aromatic ring is 1. The third-order valence-electron chi connectivity index (χ3n) is 3.07. The van der Waals surface area contributed by atoms with Crippen LogP contribution in [0.1, 0.15) is 40.9 Å². The molecule has 0 aliphatic rings. The molecule has 2 aromatic heterocycles. The molecule has 0 saturated carbocycles. The van der Waals surface area contributed by atoms with Crippen molar-refractivity contribution in [2.45, 2.75) is 40.2 Å². The second-order valence-electron chi connectivity index (χ2n) is 5.10. The van der Waals surface area contributed by atoms with Crippen LogP contribution in [0.5, 0.6) is 0 Å². The molecule has 0 aliphatic heterocycles. The van der Waals surface area contributed by atoms with E-state index in [1.165, 1.54) is 15.3 Å². The van der Waals surface area contributed by atoms with Crippen LogP contribution < -0.4 is 16.6 Å². The molecule has 2 aromatic rings. The molecule has 2 rings (SSSR count). The Hall–Kier alpha value is -1.66. The smallest absolute Gasteiger partial charge is 0.145 e. The number of nitrogens with two attached hydrogens (primary N) is 1. The first kappa shape index (κ1) is 14.7. The molecule has 0 fully saturated rings. The average Bonchev–Trinajstić information content (AvgIpc) is 2.75. The highest BCUT2D eigenvalue weighted by Gasteiger charge is 2.08. The summed E-state index contributed by atoms with van der Waals surface area (Å²) < 4.78 is 0. The monoisotopic (exact) mass is 291 g/mol. The van der Waals surface area contributed by atoms with Crippen molar-refractivity contribution in [3.05, 3.63) is 33.3 Å². The lowest BCUT2D eigenvalue weighted by Crippen LogP contribution is -2.12. The van der Waals surface area contributed by atoms with Gasteiger partial charge in [0.25, 0.3) is 0 Å². The summed E-state index contributed by atoms with van der Waals surface area (Å²) in [5.74, 6) is 7.91. The van der Waals surface area contributed by atoms with Crippen molar-refractivity contribution in [1.82, 2.24) is 9.97 Å². The van der Waals surface area contributed by atoms with Gasteiger partial charge in [-0.1, -0.05) is 13.8 Å². The van der Waals surface area contributed by atoms with Crippen LogP contribution in [0.2, 0.25) is 0 Å². The number of hydrogen-bond donors (Lipinski definition) is 3. The minimum absolute atomic E-state index is 0.259. The van der Waals surface area contributed by atoms with Crippen LogP contribution in [0.3, 0.4) is 0 Å². The van der Waals surface area contributed by atoms with E-state index in [2.05, 4.69) is 54.5 Å². The molecule has 0 bridgehead atoms. The standard InChI is InChI=1S/C14H21N5S/c1-8(2)14-17-12(6-13(18-14)19-15)16-7-11-5-9(3)10(4)20-11/h5-6,8H,7,15H2,1-4H3,(H2,16,17,18,19). The van der Waals surface area contributed by atoms with Gasteiger partial charge in [0, 0.05) is 21.7 Å². The van der Waals surface area contributed by atoms with Crippen molar-refractivity contribution in [3.63, 3.8) is 0 Å². The van der Waals surface area contributed by atoms with Gasteiger partial charge in [-0.15, -0.1) is 11.3 Å². The third kappa shape index (κ3) is 3.46. The molecule has 4 N–H and O–H groups in total. The molecule has 108 valence electrons. The minimum atomic E-state index is 0.259. The van der Waals surface area contributed by atoms with Crippen molar-refractivity contribution >= 4 is 23.0 Å². The van der Waals surface area contributed by atoms with Crippen LogP contribution in [0.15, 0.2) is 12.1 Å². The zero-order valence-corrected chi connectivity index (χ0v) is 13.1. The number of nitrogens with zero attached hydrogens (tertiary/aromatic N) is 2. The van der Waals surface area contributed by atoms with Gasteiger partial charge >= 0.3 is 0 Å². The highest BCUT2D eigenvalue weighted by Crippen LogP contribution is 2.22. The Morgan fingerprint density at radius 2 is 1.90 bits per heavy atom. The molecule has 0 amide bonds. The number of anilines is 2. The van der Waals surface area contributed by atoms with Gasteiger partial charge in [-0.25, -0.2) is 15.8 Å². The normalized spacial score (nSPS) is 10.9. The topological polar surface area (TPSA) is 75.9 Å². The summed E-state index contributed by atoms with van der Waals surface area (Å²) in [5, 5.41) is 3.34. The van der Waals surface area contributed by atoms with E-state index < -0.39 is 0 Å². The van der Waals surface area contributed by atoms with Gasteiger partial charge in [0.15, 0.2) is 0 Å². The van der Waals surface area contributed by atoms with E-state index in [0.29, 0.717) is 5.82 Å². The second kappa shape index (κ2) is 6.19. The summed E-state index contributed by atoms with van der Waals surface area (Å²) in [6.07, 6.45) is 0. The maximum Gasteiger partial charge on any atom is 0.145 e. The van der Waals surface area contributed by atoms with Crippen LogP contribution >= 0.6 is 11.3 Å². The lowest BCUT2D eigenvalue weighted by atomic mass is 10.2. The number of hydrazine groups is 1. The molecule has 0 spiro atoms. The molecular weight excluding hydrogens is 270 g/mol. The first-order chi connectivity index (χ1) is 9.49. The lowest BCUT2D eigenvalue weighted by molar-refractivity contribution is 0.775. The van der Waals surface area contributed by atoms with Crippen molar-refractivity contribution in [2.75, 3.05) is 10.7 Å². The Kier molecular flexibility index (Phi) is 4.57. The van der Waals surface area contributed by atoms with Gasteiger partial charge in [-0.2, -0.15) is 0 Å². The Morgan fingerprint density at radius 3 is 2.45 bits per heavy atom. The van der Waals surface area contributed by atoms with Crippen molar-refractivity contribution in [3.8, 4) is 0 Å². The van der Waals surface area contributed by atoms with Crippen molar-refractivity contribution in [1.29, 1.82) is 0 Å².